The number of fused-ring (bicyclic) bond motifs is 5. The SMILES string of the molecule is CC[C@H]1CCC[C@H](O)[C@@H](C)C(=O)C2C=C3[C@@H](C=C[C@@H]4CC(NNC(=O)Nc5ccc(OC(F)(F)F)cc5)=C[C@@H]34)[C@@H]2CC(=O)O1. The molecule has 0 bridgehead atoms. The first kappa shape index (κ1) is 31.6. The van der Waals surface area contributed by atoms with E-state index < -0.39 is 36.1 Å². The molecule has 1 saturated heterocycles. The normalized spacial score (nSPS) is 32.0. The number of hydrazine groups is 1. The quantitative estimate of drug-likeness (QED) is 0.194. The number of halogens is 3. The highest BCUT2D eigenvalue weighted by atomic mass is 19.4. The molecule has 1 fully saturated rings. The summed E-state index contributed by atoms with van der Waals surface area (Å²) in [6.07, 6.45) is 5.61. The number of carbonyl (C=O) groups excluding carboxylic acids is 3. The summed E-state index contributed by atoms with van der Waals surface area (Å²) in [6, 6.07) is 4.16. The highest BCUT2D eigenvalue weighted by molar-refractivity contribution is 5.89. The van der Waals surface area contributed by atoms with Crippen molar-refractivity contribution in [3.8, 4) is 5.75 Å². The summed E-state index contributed by atoms with van der Waals surface area (Å²) in [6.45, 7) is 3.74. The minimum Gasteiger partial charge on any atom is -0.462 e. The molecule has 238 valence electrons. The van der Waals surface area contributed by atoms with Gasteiger partial charge in [0, 0.05) is 35.1 Å². The van der Waals surface area contributed by atoms with Crippen LogP contribution in [0.15, 0.2) is 59.8 Å². The highest BCUT2D eigenvalue weighted by Gasteiger charge is 2.48. The molecule has 12 heteroatoms. The van der Waals surface area contributed by atoms with Crippen LogP contribution in [-0.4, -0.2) is 41.5 Å². The predicted octanol–water partition coefficient (Wildman–Crippen LogP) is 5.55. The number of benzene rings is 1. The third-order valence-corrected chi connectivity index (χ3v) is 9.15. The predicted molar refractivity (Wildman–Crippen MR) is 155 cm³/mol. The summed E-state index contributed by atoms with van der Waals surface area (Å²) in [5.41, 5.74) is 7.57. The van der Waals surface area contributed by atoms with E-state index in [1.165, 1.54) is 12.1 Å². The molecular formula is C32H38F3N3O6. The van der Waals surface area contributed by atoms with Gasteiger partial charge in [0.05, 0.1) is 12.5 Å². The summed E-state index contributed by atoms with van der Waals surface area (Å²) in [7, 11) is 0. The minimum absolute atomic E-state index is 0.0332. The zero-order valence-corrected chi connectivity index (χ0v) is 24.6. The molecule has 1 aromatic carbocycles. The number of amides is 2. The van der Waals surface area contributed by atoms with Gasteiger partial charge in [0.15, 0.2) is 0 Å². The van der Waals surface area contributed by atoms with E-state index in [1.54, 1.807) is 6.92 Å². The number of aliphatic hydroxyl groups is 1. The van der Waals surface area contributed by atoms with Crippen molar-refractivity contribution in [3.05, 3.63) is 59.8 Å². The Morgan fingerprint density at radius 3 is 2.50 bits per heavy atom. The lowest BCUT2D eigenvalue weighted by Gasteiger charge is -2.32. The lowest BCUT2D eigenvalue weighted by Crippen LogP contribution is -2.39. The van der Waals surface area contributed by atoms with Gasteiger partial charge in [0.2, 0.25) is 0 Å². The third-order valence-electron chi connectivity index (χ3n) is 9.15. The summed E-state index contributed by atoms with van der Waals surface area (Å²) in [5, 5.41) is 13.3. The van der Waals surface area contributed by atoms with E-state index in [1.807, 2.05) is 19.1 Å². The van der Waals surface area contributed by atoms with Gasteiger partial charge >= 0.3 is 18.4 Å². The molecule has 3 aliphatic carbocycles. The number of carbonyl (C=O) groups is 3. The second kappa shape index (κ2) is 13.1. The van der Waals surface area contributed by atoms with E-state index in [2.05, 4.69) is 33.1 Å². The Kier molecular flexibility index (Phi) is 9.38. The molecule has 9 nitrogen and oxygen atoms in total. The van der Waals surface area contributed by atoms with E-state index in [0.29, 0.717) is 32.1 Å². The van der Waals surface area contributed by atoms with Crippen molar-refractivity contribution in [1.82, 2.24) is 10.9 Å². The van der Waals surface area contributed by atoms with Gasteiger partial charge in [0.25, 0.3) is 0 Å². The van der Waals surface area contributed by atoms with Crippen molar-refractivity contribution in [3.63, 3.8) is 0 Å². The Balaban J connectivity index is 1.26. The number of hydrogen-bond donors (Lipinski definition) is 4. The summed E-state index contributed by atoms with van der Waals surface area (Å²) < 4.78 is 46.7. The minimum atomic E-state index is -4.80. The van der Waals surface area contributed by atoms with Crippen LogP contribution in [-0.2, 0) is 14.3 Å². The van der Waals surface area contributed by atoms with E-state index >= 15 is 0 Å². The molecule has 1 unspecified atom stereocenters. The second-order valence-corrected chi connectivity index (χ2v) is 12.0. The number of anilines is 1. The number of rotatable bonds is 5. The molecule has 0 radical (unpaired) electrons. The maximum Gasteiger partial charge on any atom is 0.573 e. The van der Waals surface area contributed by atoms with Crippen molar-refractivity contribution in [2.45, 2.75) is 70.9 Å². The molecule has 8 atom stereocenters. The molecule has 2 amide bonds. The molecule has 0 saturated carbocycles. The molecule has 44 heavy (non-hydrogen) atoms. The van der Waals surface area contributed by atoms with Gasteiger partial charge in [-0.15, -0.1) is 13.2 Å². The first-order valence-electron chi connectivity index (χ1n) is 15.1. The smallest absolute Gasteiger partial charge is 0.462 e. The molecular weight excluding hydrogens is 579 g/mol. The molecule has 4 N–H and O–H groups in total. The first-order valence-corrected chi connectivity index (χ1v) is 15.1. The number of allylic oxidation sites excluding steroid dienone is 6. The number of esters is 1. The lowest BCUT2D eigenvalue weighted by atomic mass is 9.72. The van der Waals surface area contributed by atoms with Crippen molar-refractivity contribution in [2.24, 2.45) is 35.5 Å². The van der Waals surface area contributed by atoms with Crippen molar-refractivity contribution >= 4 is 23.5 Å². The number of Topliss-reactive ketones (excluding diaryl/α,β-unsaturated/α-hetero) is 1. The van der Waals surface area contributed by atoms with Crippen LogP contribution in [0, 0.1) is 35.5 Å². The third kappa shape index (κ3) is 7.28. The molecule has 1 aromatic rings. The summed E-state index contributed by atoms with van der Waals surface area (Å²) >= 11 is 0. The Morgan fingerprint density at radius 2 is 1.80 bits per heavy atom. The van der Waals surface area contributed by atoms with Crippen LogP contribution in [0.3, 0.4) is 0 Å². The van der Waals surface area contributed by atoms with Crippen LogP contribution >= 0.6 is 0 Å². The number of ether oxygens (including phenoxy) is 2. The topological polar surface area (TPSA) is 126 Å². The monoisotopic (exact) mass is 617 g/mol. The van der Waals surface area contributed by atoms with Gasteiger partial charge < -0.3 is 25.3 Å². The van der Waals surface area contributed by atoms with Gasteiger partial charge in [-0.2, -0.15) is 0 Å². The van der Waals surface area contributed by atoms with Crippen molar-refractivity contribution < 1.29 is 42.1 Å². The van der Waals surface area contributed by atoms with E-state index in [4.69, 9.17) is 4.74 Å². The number of aliphatic hydroxyl groups excluding tert-OH is 1. The van der Waals surface area contributed by atoms with Crippen LogP contribution < -0.4 is 20.9 Å². The molecule has 4 aliphatic rings. The fourth-order valence-electron chi connectivity index (χ4n) is 6.83. The highest BCUT2D eigenvalue weighted by Crippen LogP contribution is 2.52. The maximum atomic E-state index is 13.7. The number of hydrogen-bond acceptors (Lipinski definition) is 7. The molecule has 1 aliphatic heterocycles. The van der Waals surface area contributed by atoms with Crippen LogP contribution in [0.25, 0.3) is 0 Å². The van der Waals surface area contributed by atoms with Gasteiger partial charge in [-0.1, -0.05) is 43.7 Å². The summed E-state index contributed by atoms with van der Waals surface area (Å²) in [5.74, 6) is -2.19. The number of urea groups is 1. The molecule has 5 rings (SSSR count). The van der Waals surface area contributed by atoms with Crippen molar-refractivity contribution in [2.75, 3.05) is 5.32 Å². The van der Waals surface area contributed by atoms with E-state index in [0.717, 1.165) is 23.4 Å². The Morgan fingerprint density at radius 1 is 1.05 bits per heavy atom. The van der Waals surface area contributed by atoms with E-state index in [-0.39, 0.29) is 53.6 Å². The maximum absolute atomic E-state index is 13.7. The van der Waals surface area contributed by atoms with Crippen LogP contribution in [0.5, 0.6) is 5.75 Å². The van der Waals surface area contributed by atoms with Gasteiger partial charge in [-0.05, 0) is 68.2 Å². The number of cyclic esters (lactones) is 1. The number of nitrogens with one attached hydrogen (secondary N) is 3. The first-order chi connectivity index (χ1) is 20.9. The largest absolute Gasteiger partial charge is 0.573 e. The van der Waals surface area contributed by atoms with Gasteiger partial charge in [-0.3, -0.25) is 15.0 Å². The standard InChI is InChI=1S/C32H38F3N3O6/c1-3-21-5-4-6-28(39)17(2)30(41)27-15-25-23(26(27)16-29(40)43-21)12-7-18-13-20(14-24(18)25)37-38-31(42)36-19-8-10-22(11-9-19)44-32(33,34)35/h7-12,14-15,17-18,21,23-24,26-28,37,39H,3-6,13,16H2,1-2H3,(H2,36,38,42)/t17-,18-,21+,23-,24-,26+,27?,28+/m1/s1. The fourth-order valence-corrected chi connectivity index (χ4v) is 6.83. The van der Waals surface area contributed by atoms with Crippen molar-refractivity contribution in [1.29, 1.82) is 0 Å². The van der Waals surface area contributed by atoms with E-state index in [9.17, 15) is 32.7 Å². The number of alkyl halides is 3. The Labute approximate surface area is 253 Å². The number of ketones is 1. The average molecular weight is 618 g/mol. The zero-order valence-electron chi connectivity index (χ0n) is 24.6. The van der Waals surface area contributed by atoms with Crippen LogP contribution in [0.1, 0.15) is 52.4 Å². The zero-order chi connectivity index (χ0) is 31.6. The molecule has 0 aromatic heterocycles. The van der Waals surface area contributed by atoms with Crippen LogP contribution in [0.2, 0.25) is 0 Å². The van der Waals surface area contributed by atoms with Gasteiger partial charge in [-0.25, -0.2) is 4.79 Å². The Hall–Kier alpha value is -3.80. The Bertz CT molecular complexity index is 1340. The molecule has 1 heterocycles. The average Bonchev–Trinajstić information content (AvgIpc) is 3.55. The lowest BCUT2D eigenvalue weighted by molar-refractivity contribution is -0.274. The van der Waals surface area contributed by atoms with Crippen LogP contribution in [0.4, 0.5) is 23.7 Å². The summed E-state index contributed by atoms with van der Waals surface area (Å²) in [4.78, 5) is 39.1. The second-order valence-electron chi connectivity index (χ2n) is 12.0. The van der Waals surface area contributed by atoms with Gasteiger partial charge in [0.1, 0.15) is 17.6 Å². The molecule has 0 spiro atoms. The fraction of sp³-hybridized carbons (Fsp3) is 0.531.